The second kappa shape index (κ2) is 10.7. The van der Waals surface area contributed by atoms with Gasteiger partial charge < -0.3 is 19.9 Å². The lowest BCUT2D eigenvalue weighted by Gasteiger charge is -2.41. The van der Waals surface area contributed by atoms with Gasteiger partial charge >= 0.3 is 0 Å². The second-order valence-corrected chi connectivity index (χ2v) is 11.0. The van der Waals surface area contributed by atoms with Crippen LogP contribution >= 0.6 is 0 Å². The van der Waals surface area contributed by atoms with Crippen molar-refractivity contribution in [1.82, 2.24) is 4.90 Å². The van der Waals surface area contributed by atoms with Crippen LogP contribution < -0.4 is 19.9 Å². The minimum absolute atomic E-state index is 0.229. The number of rotatable bonds is 8. The third-order valence-electron chi connectivity index (χ3n) is 8.15. The highest BCUT2D eigenvalue weighted by Gasteiger charge is 2.39. The molecule has 3 aromatic carbocycles. The zero-order valence-corrected chi connectivity index (χ0v) is 22.7. The Balaban J connectivity index is 1.27. The van der Waals surface area contributed by atoms with Crippen molar-refractivity contribution in [2.75, 3.05) is 25.4 Å². The van der Waals surface area contributed by atoms with Crippen molar-refractivity contribution in [3.05, 3.63) is 82.4 Å². The number of benzene rings is 3. The molecular formula is C32H40N2O3. The van der Waals surface area contributed by atoms with Gasteiger partial charge in [0.1, 0.15) is 36.1 Å². The smallest absolute Gasteiger partial charge is 0.127 e. The summed E-state index contributed by atoms with van der Waals surface area (Å²) in [5, 5.41) is 0. The Bertz CT molecular complexity index is 1230. The fourth-order valence-electron chi connectivity index (χ4n) is 5.82. The van der Waals surface area contributed by atoms with Gasteiger partial charge in [-0.15, -0.1) is 0 Å². The van der Waals surface area contributed by atoms with Crippen molar-refractivity contribution >= 4 is 5.69 Å². The fourth-order valence-corrected chi connectivity index (χ4v) is 5.82. The summed E-state index contributed by atoms with van der Waals surface area (Å²) in [6, 6.07) is 18.4. The van der Waals surface area contributed by atoms with Crippen LogP contribution in [0.2, 0.25) is 0 Å². The molecule has 5 rings (SSSR count). The number of nitrogens with zero attached hydrogens (tertiary/aromatic N) is 1. The molecule has 0 spiro atoms. The Morgan fingerprint density at radius 1 is 0.973 bits per heavy atom. The highest BCUT2D eigenvalue weighted by molar-refractivity contribution is 5.59. The maximum atomic E-state index is 6.86. The number of nitrogen functional groups attached to an aromatic ring is 1. The van der Waals surface area contributed by atoms with Gasteiger partial charge in [-0.3, -0.25) is 4.90 Å². The molecule has 37 heavy (non-hydrogen) atoms. The maximum absolute atomic E-state index is 6.86. The average molecular weight is 501 g/mol. The van der Waals surface area contributed by atoms with Crippen molar-refractivity contribution in [3.8, 4) is 17.2 Å². The predicted molar refractivity (Wildman–Crippen MR) is 150 cm³/mol. The first kappa shape index (κ1) is 25.5. The van der Waals surface area contributed by atoms with Crippen LogP contribution in [0.1, 0.15) is 54.0 Å². The minimum Gasteiger partial charge on any atom is -0.492 e. The average Bonchev–Trinajstić information content (AvgIpc) is 3.33. The molecule has 1 unspecified atom stereocenters. The molecule has 0 aliphatic carbocycles. The van der Waals surface area contributed by atoms with Crippen LogP contribution in [0.5, 0.6) is 17.2 Å². The minimum atomic E-state index is -0.229. The van der Waals surface area contributed by atoms with Crippen LogP contribution in [0, 0.1) is 20.8 Å². The normalized spacial score (nSPS) is 21.4. The van der Waals surface area contributed by atoms with Gasteiger partial charge in [-0.2, -0.15) is 0 Å². The van der Waals surface area contributed by atoms with Gasteiger partial charge in [0.15, 0.2) is 0 Å². The molecule has 2 heterocycles. The summed E-state index contributed by atoms with van der Waals surface area (Å²) in [7, 11) is 0. The predicted octanol–water partition coefficient (Wildman–Crippen LogP) is 6.40. The van der Waals surface area contributed by atoms with Crippen molar-refractivity contribution in [2.24, 2.45) is 0 Å². The van der Waals surface area contributed by atoms with Crippen LogP contribution in [0.4, 0.5) is 5.69 Å². The van der Waals surface area contributed by atoms with Crippen LogP contribution in [0.3, 0.4) is 0 Å². The summed E-state index contributed by atoms with van der Waals surface area (Å²) in [6.07, 6.45) is 4.34. The number of hydrogen-bond donors (Lipinski definition) is 1. The second-order valence-electron chi connectivity index (χ2n) is 11.0. The van der Waals surface area contributed by atoms with Crippen LogP contribution in [0.15, 0.2) is 54.6 Å². The van der Waals surface area contributed by atoms with E-state index in [1.807, 2.05) is 30.3 Å². The van der Waals surface area contributed by atoms with Crippen molar-refractivity contribution in [2.45, 2.75) is 71.6 Å². The molecule has 0 aromatic heterocycles. The lowest BCUT2D eigenvalue weighted by molar-refractivity contribution is 0.0146. The molecule has 1 saturated heterocycles. The highest BCUT2D eigenvalue weighted by Crippen LogP contribution is 2.44. The van der Waals surface area contributed by atoms with Gasteiger partial charge in [0, 0.05) is 23.8 Å². The number of hydrogen-bond acceptors (Lipinski definition) is 5. The Morgan fingerprint density at radius 3 is 2.49 bits per heavy atom. The molecule has 0 saturated carbocycles. The summed E-state index contributed by atoms with van der Waals surface area (Å²) in [6.45, 7) is 12.1. The lowest BCUT2D eigenvalue weighted by atomic mass is 9.86. The molecule has 2 N–H and O–H groups in total. The topological polar surface area (TPSA) is 57.0 Å². The van der Waals surface area contributed by atoms with Gasteiger partial charge in [-0.1, -0.05) is 30.3 Å². The molecule has 0 amide bonds. The Labute approximate surface area is 221 Å². The summed E-state index contributed by atoms with van der Waals surface area (Å²) < 4.78 is 19.3. The lowest BCUT2D eigenvalue weighted by Crippen LogP contribution is -2.50. The van der Waals surface area contributed by atoms with Crippen molar-refractivity contribution in [1.29, 1.82) is 0 Å². The third-order valence-corrected chi connectivity index (χ3v) is 8.15. The van der Waals surface area contributed by atoms with E-state index in [-0.39, 0.29) is 5.60 Å². The van der Waals surface area contributed by atoms with E-state index in [0.29, 0.717) is 19.3 Å². The SMILES string of the molecule is Cc1c(C)c2c(c(C)c1OCc1ccccc1)CCC(C)(CN1CCC[C@H]1COc1ccc(N)cc1)O2. The monoisotopic (exact) mass is 500 g/mol. The van der Waals surface area contributed by atoms with E-state index in [4.69, 9.17) is 19.9 Å². The van der Waals surface area contributed by atoms with Gasteiger partial charge in [0.05, 0.1) is 0 Å². The summed E-state index contributed by atoms with van der Waals surface area (Å²) in [5.41, 5.74) is 12.4. The molecule has 3 aromatic rings. The number of ether oxygens (including phenoxy) is 3. The zero-order chi connectivity index (χ0) is 26.0. The van der Waals surface area contributed by atoms with Crippen LogP contribution in [-0.2, 0) is 13.0 Å². The Hall–Kier alpha value is -3.18. The molecule has 0 radical (unpaired) electrons. The van der Waals surface area contributed by atoms with E-state index >= 15 is 0 Å². The molecular weight excluding hydrogens is 460 g/mol. The van der Waals surface area contributed by atoms with E-state index in [2.05, 4.69) is 56.9 Å². The van der Waals surface area contributed by atoms with Gasteiger partial charge in [0.25, 0.3) is 0 Å². The Morgan fingerprint density at radius 2 is 1.73 bits per heavy atom. The Kier molecular flexibility index (Phi) is 7.34. The summed E-state index contributed by atoms with van der Waals surface area (Å²) >= 11 is 0. The van der Waals surface area contributed by atoms with E-state index in [9.17, 15) is 0 Å². The molecule has 0 bridgehead atoms. The first-order valence-corrected chi connectivity index (χ1v) is 13.5. The quantitative estimate of drug-likeness (QED) is 0.363. The van der Waals surface area contributed by atoms with Crippen LogP contribution in [0.25, 0.3) is 0 Å². The zero-order valence-electron chi connectivity index (χ0n) is 22.7. The molecule has 1 fully saturated rings. The fraction of sp³-hybridized carbons (Fsp3) is 0.438. The number of nitrogens with two attached hydrogens (primary N) is 1. The first-order chi connectivity index (χ1) is 17.8. The van der Waals surface area contributed by atoms with E-state index in [0.717, 1.165) is 55.3 Å². The number of anilines is 1. The molecule has 5 heteroatoms. The van der Waals surface area contributed by atoms with Crippen LogP contribution in [-0.4, -0.2) is 36.2 Å². The molecule has 5 nitrogen and oxygen atoms in total. The largest absolute Gasteiger partial charge is 0.492 e. The molecule has 2 aliphatic heterocycles. The van der Waals surface area contributed by atoms with E-state index in [1.54, 1.807) is 0 Å². The van der Waals surface area contributed by atoms with Gasteiger partial charge in [-0.25, -0.2) is 0 Å². The standard InChI is InChI=1S/C32H40N2O3/c1-22-23(2)31-29(24(3)30(22)36-19-25-9-6-5-7-10-25)16-17-32(4,37-31)21-34-18-8-11-27(34)20-35-28-14-12-26(33)13-15-28/h5-7,9-10,12-15,27H,8,11,16-21,33H2,1-4H3/t27-,32?/m0/s1. The van der Waals surface area contributed by atoms with Gasteiger partial charge in [0.2, 0.25) is 0 Å². The number of fused-ring (bicyclic) bond motifs is 1. The van der Waals surface area contributed by atoms with Gasteiger partial charge in [-0.05, 0) is 106 Å². The summed E-state index contributed by atoms with van der Waals surface area (Å²) in [4.78, 5) is 2.56. The molecule has 2 aliphatic rings. The van der Waals surface area contributed by atoms with E-state index in [1.165, 1.54) is 34.2 Å². The molecule has 2 atom stereocenters. The van der Waals surface area contributed by atoms with E-state index < -0.39 is 0 Å². The highest BCUT2D eigenvalue weighted by atomic mass is 16.5. The third kappa shape index (κ3) is 5.57. The maximum Gasteiger partial charge on any atom is 0.127 e. The van der Waals surface area contributed by atoms with Crippen molar-refractivity contribution in [3.63, 3.8) is 0 Å². The number of likely N-dealkylation sites (tertiary alicyclic amines) is 1. The van der Waals surface area contributed by atoms with Crippen molar-refractivity contribution < 1.29 is 14.2 Å². The summed E-state index contributed by atoms with van der Waals surface area (Å²) in [5.74, 6) is 2.94. The first-order valence-electron chi connectivity index (χ1n) is 13.5. The molecule has 196 valence electrons.